The molecular formula is C22H24N6O2. The number of aryl methyl sites for hydroxylation is 2. The Morgan fingerprint density at radius 1 is 1.20 bits per heavy atom. The molecule has 4 aromatic rings. The molecular weight excluding hydrogens is 380 g/mol. The molecule has 8 nitrogen and oxygen atoms in total. The van der Waals surface area contributed by atoms with Gasteiger partial charge in [0.05, 0.1) is 17.5 Å². The molecule has 0 spiro atoms. The van der Waals surface area contributed by atoms with Gasteiger partial charge in [-0.3, -0.25) is 0 Å². The lowest BCUT2D eigenvalue weighted by Gasteiger charge is -2.24. The molecule has 30 heavy (non-hydrogen) atoms. The fourth-order valence-corrected chi connectivity index (χ4v) is 5.62. The Morgan fingerprint density at radius 2 is 2.07 bits per heavy atom. The van der Waals surface area contributed by atoms with Gasteiger partial charge in [0.15, 0.2) is 0 Å². The fourth-order valence-electron chi connectivity index (χ4n) is 5.62. The molecule has 0 unspecified atom stereocenters. The second kappa shape index (κ2) is 6.02. The lowest BCUT2D eigenvalue weighted by atomic mass is 9.91. The van der Waals surface area contributed by atoms with Crippen molar-refractivity contribution in [2.45, 2.75) is 44.4 Å². The van der Waals surface area contributed by atoms with Crippen molar-refractivity contribution >= 4 is 22.5 Å². The van der Waals surface area contributed by atoms with Crippen molar-refractivity contribution in [1.29, 1.82) is 0 Å². The highest BCUT2D eigenvalue weighted by Crippen LogP contribution is 2.69. The minimum atomic E-state index is -0.826. The van der Waals surface area contributed by atoms with E-state index < -0.39 is 12.2 Å². The Balaban J connectivity index is 1.27. The first-order valence-electron chi connectivity index (χ1n) is 10.4. The van der Waals surface area contributed by atoms with Crippen LogP contribution >= 0.6 is 0 Å². The van der Waals surface area contributed by atoms with Crippen molar-refractivity contribution in [3.8, 4) is 0 Å². The van der Waals surface area contributed by atoms with E-state index in [-0.39, 0.29) is 17.4 Å². The Hall–Kier alpha value is -2.97. The largest absolute Gasteiger partial charge is 0.390 e. The molecule has 8 heteroatoms. The van der Waals surface area contributed by atoms with Gasteiger partial charge in [-0.15, -0.1) is 0 Å². The number of hydrogen-bond donors (Lipinski definition) is 3. The molecule has 5 atom stereocenters. The topological polar surface area (TPSA) is 114 Å². The van der Waals surface area contributed by atoms with Gasteiger partial charge in [0.2, 0.25) is 0 Å². The van der Waals surface area contributed by atoms with Gasteiger partial charge in [-0.2, -0.15) is 0 Å². The smallest absolute Gasteiger partial charge is 0.145 e. The van der Waals surface area contributed by atoms with Gasteiger partial charge >= 0.3 is 0 Å². The summed E-state index contributed by atoms with van der Waals surface area (Å²) in [5.41, 5.74) is 9.68. The summed E-state index contributed by atoms with van der Waals surface area (Å²) in [6, 6.07) is 5.90. The number of nitrogen functional groups attached to an aromatic ring is 1. The third-order valence-electron chi connectivity index (χ3n) is 7.36. The first-order valence-corrected chi connectivity index (χ1v) is 10.4. The SMILES string of the molecule is Cc1cnc2cc(CC[C@]34C[C@@H]3[C@@H](n3ccc5c(N)ncnc53)[C@H](O)[C@@H]4O)ccn12. The van der Waals surface area contributed by atoms with E-state index in [1.807, 2.05) is 36.1 Å². The number of rotatable bonds is 4. The number of nitrogens with two attached hydrogens (primary N) is 1. The Bertz CT molecular complexity index is 1280. The fraction of sp³-hybridized carbons (Fsp3) is 0.409. The number of aliphatic hydroxyl groups is 2. The van der Waals surface area contributed by atoms with Crippen molar-refractivity contribution in [1.82, 2.24) is 23.9 Å². The van der Waals surface area contributed by atoms with Gasteiger partial charge in [0, 0.05) is 29.7 Å². The highest BCUT2D eigenvalue weighted by Gasteiger charge is 2.70. The van der Waals surface area contributed by atoms with E-state index in [1.165, 1.54) is 11.9 Å². The normalized spacial score (nSPS) is 30.2. The average molecular weight is 404 g/mol. The number of nitrogens with zero attached hydrogens (tertiary/aromatic N) is 5. The zero-order valence-electron chi connectivity index (χ0n) is 16.7. The van der Waals surface area contributed by atoms with E-state index in [9.17, 15) is 10.2 Å². The van der Waals surface area contributed by atoms with Crippen LogP contribution in [0.3, 0.4) is 0 Å². The molecule has 2 aliphatic rings. The minimum absolute atomic E-state index is 0.204. The van der Waals surface area contributed by atoms with E-state index in [2.05, 4.69) is 31.5 Å². The maximum Gasteiger partial charge on any atom is 0.145 e. The standard InChI is InChI=1S/C22H24N6O2/c1-12-10-24-16-8-13(3-6-27(12)16)2-5-22-9-15(22)17(18(29)19(22)30)28-7-4-14-20(23)25-11-26-21(14)28/h3-4,6-8,10-11,15,17-19,29-30H,2,5,9H2,1H3,(H2,23,25,26)/t15-,17-,18+,19+,22+/m1/s1. The van der Waals surface area contributed by atoms with E-state index in [4.69, 9.17) is 5.73 Å². The Morgan fingerprint density at radius 3 is 2.93 bits per heavy atom. The van der Waals surface area contributed by atoms with Crippen LogP contribution in [0.2, 0.25) is 0 Å². The Labute approximate surface area is 173 Å². The summed E-state index contributed by atoms with van der Waals surface area (Å²) in [7, 11) is 0. The summed E-state index contributed by atoms with van der Waals surface area (Å²) in [5, 5.41) is 22.7. The molecule has 0 aliphatic heterocycles. The van der Waals surface area contributed by atoms with Gasteiger partial charge in [0.25, 0.3) is 0 Å². The van der Waals surface area contributed by atoms with Crippen LogP contribution in [0.5, 0.6) is 0 Å². The monoisotopic (exact) mass is 404 g/mol. The second-order valence-electron chi connectivity index (χ2n) is 8.85. The van der Waals surface area contributed by atoms with Crippen LogP contribution in [0.15, 0.2) is 43.1 Å². The zero-order valence-corrected chi connectivity index (χ0v) is 16.7. The van der Waals surface area contributed by atoms with Gasteiger partial charge in [0.1, 0.15) is 29.5 Å². The minimum Gasteiger partial charge on any atom is -0.390 e. The third kappa shape index (κ3) is 2.31. The van der Waals surface area contributed by atoms with Crippen LogP contribution in [0, 0.1) is 18.3 Å². The second-order valence-corrected chi connectivity index (χ2v) is 8.85. The highest BCUT2D eigenvalue weighted by molar-refractivity contribution is 5.86. The number of anilines is 1. The number of imidazole rings is 1. The van der Waals surface area contributed by atoms with Gasteiger partial charge in [-0.25, -0.2) is 15.0 Å². The molecule has 0 amide bonds. The first-order chi connectivity index (χ1) is 14.5. The number of pyridine rings is 1. The number of hydrogen-bond acceptors (Lipinski definition) is 6. The third-order valence-corrected chi connectivity index (χ3v) is 7.36. The van der Waals surface area contributed by atoms with Gasteiger partial charge in [-0.1, -0.05) is 0 Å². The molecule has 0 bridgehead atoms. The summed E-state index contributed by atoms with van der Waals surface area (Å²) >= 11 is 0. The quantitative estimate of drug-likeness (QED) is 0.479. The lowest BCUT2D eigenvalue weighted by Crippen LogP contribution is -2.34. The first kappa shape index (κ1) is 17.9. The van der Waals surface area contributed by atoms with E-state index in [0.717, 1.165) is 36.0 Å². The molecule has 154 valence electrons. The van der Waals surface area contributed by atoms with Gasteiger partial charge in [-0.05, 0) is 55.9 Å². The summed E-state index contributed by atoms with van der Waals surface area (Å²) in [4.78, 5) is 12.9. The summed E-state index contributed by atoms with van der Waals surface area (Å²) in [6.07, 6.45) is 8.27. The highest BCUT2D eigenvalue weighted by atomic mass is 16.3. The maximum atomic E-state index is 11.0. The van der Waals surface area contributed by atoms with Crippen LogP contribution in [-0.4, -0.2) is 46.3 Å². The molecule has 2 aliphatic carbocycles. The molecule has 4 N–H and O–H groups in total. The van der Waals surface area contributed by atoms with Crippen molar-refractivity contribution in [2.24, 2.45) is 11.3 Å². The van der Waals surface area contributed by atoms with Crippen LogP contribution < -0.4 is 5.73 Å². The number of fused-ring (bicyclic) bond motifs is 3. The molecule has 0 saturated heterocycles. The van der Waals surface area contributed by atoms with Crippen LogP contribution in [-0.2, 0) is 6.42 Å². The van der Waals surface area contributed by atoms with Crippen LogP contribution in [0.1, 0.15) is 30.1 Å². The molecule has 4 aromatic heterocycles. The molecule has 0 aromatic carbocycles. The van der Waals surface area contributed by atoms with E-state index in [0.29, 0.717) is 11.5 Å². The number of aliphatic hydroxyl groups excluding tert-OH is 2. The predicted molar refractivity (Wildman–Crippen MR) is 112 cm³/mol. The van der Waals surface area contributed by atoms with Crippen molar-refractivity contribution in [2.75, 3.05) is 5.73 Å². The molecule has 6 rings (SSSR count). The van der Waals surface area contributed by atoms with E-state index >= 15 is 0 Å². The summed E-state index contributed by atoms with van der Waals surface area (Å²) < 4.78 is 4.04. The van der Waals surface area contributed by atoms with Crippen LogP contribution in [0.25, 0.3) is 16.7 Å². The molecule has 2 saturated carbocycles. The number of aromatic nitrogens is 5. The van der Waals surface area contributed by atoms with Gasteiger partial charge < -0.3 is 24.9 Å². The summed E-state index contributed by atoms with van der Waals surface area (Å²) in [6.45, 7) is 2.04. The van der Waals surface area contributed by atoms with E-state index in [1.54, 1.807) is 0 Å². The zero-order chi connectivity index (χ0) is 20.6. The average Bonchev–Trinajstić information content (AvgIpc) is 3.00. The van der Waals surface area contributed by atoms with Crippen molar-refractivity contribution in [3.05, 3.63) is 54.4 Å². The van der Waals surface area contributed by atoms with Crippen LogP contribution in [0.4, 0.5) is 5.82 Å². The molecule has 2 fully saturated rings. The lowest BCUT2D eigenvalue weighted by molar-refractivity contribution is -0.0191. The molecule has 4 heterocycles. The molecule has 0 radical (unpaired) electrons. The summed E-state index contributed by atoms with van der Waals surface area (Å²) in [5.74, 6) is 0.644. The van der Waals surface area contributed by atoms with Crippen molar-refractivity contribution < 1.29 is 10.2 Å². The Kier molecular flexibility index (Phi) is 3.58. The maximum absolute atomic E-state index is 11.0. The van der Waals surface area contributed by atoms with Crippen molar-refractivity contribution in [3.63, 3.8) is 0 Å². The predicted octanol–water partition coefficient (Wildman–Crippen LogP) is 1.89.